The van der Waals surface area contributed by atoms with Crippen molar-refractivity contribution >= 4 is 27.7 Å². The number of hydrogen-bond donors (Lipinski definition) is 1. The predicted molar refractivity (Wildman–Crippen MR) is 73.4 cm³/mol. The van der Waals surface area contributed by atoms with Crippen molar-refractivity contribution in [2.24, 2.45) is 11.8 Å². The molecular formula is C14H14BrFO4. The molecule has 0 heterocycles. The van der Waals surface area contributed by atoms with Gasteiger partial charge in [-0.3, -0.25) is 9.59 Å². The Hall–Kier alpha value is -1.43. The van der Waals surface area contributed by atoms with Crippen LogP contribution in [0.25, 0.3) is 0 Å². The van der Waals surface area contributed by atoms with E-state index in [-0.39, 0.29) is 27.5 Å². The van der Waals surface area contributed by atoms with E-state index in [0.717, 1.165) is 6.07 Å². The fourth-order valence-electron chi connectivity index (χ4n) is 2.55. The van der Waals surface area contributed by atoms with Crippen LogP contribution in [0.4, 0.5) is 4.39 Å². The second-order valence-corrected chi connectivity index (χ2v) is 5.73. The molecule has 4 nitrogen and oxygen atoms in total. The average Bonchev–Trinajstić information content (AvgIpc) is 2.90. The van der Waals surface area contributed by atoms with E-state index in [0.29, 0.717) is 19.3 Å². The fourth-order valence-corrected chi connectivity index (χ4v) is 2.90. The standard InChI is InChI=1S/C14H14BrFO4/c1-20-12-6-11(16)10(15)5-9(12)13(17)7-2-3-8(4-7)14(18)19/h5-8H,2-4H2,1H3,(H,18,19). The summed E-state index contributed by atoms with van der Waals surface area (Å²) < 4.78 is 18.7. The summed E-state index contributed by atoms with van der Waals surface area (Å²) in [6.07, 6.45) is 1.36. The summed E-state index contributed by atoms with van der Waals surface area (Å²) >= 11 is 3.04. The minimum Gasteiger partial charge on any atom is -0.496 e. The molecule has 108 valence electrons. The lowest BCUT2D eigenvalue weighted by Crippen LogP contribution is -2.15. The molecule has 0 spiro atoms. The third kappa shape index (κ3) is 2.85. The van der Waals surface area contributed by atoms with E-state index >= 15 is 0 Å². The van der Waals surface area contributed by atoms with Gasteiger partial charge in [-0.05, 0) is 41.3 Å². The Morgan fingerprint density at radius 3 is 2.55 bits per heavy atom. The fraction of sp³-hybridized carbons (Fsp3) is 0.429. The minimum atomic E-state index is -0.868. The first kappa shape index (κ1) is 15.0. The number of carbonyl (C=O) groups excluding carboxylic acids is 1. The first-order valence-electron chi connectivity index (χ1n) is 6.24. The molecule has 0 amide bonds. The van der Waals surface area contributed by atoms with Gasteiger partial charge in [-0.2, -0.15) is 0 Å². The number of carbonyl (C=O) groups is 2. The Balaban J connectivity index is 2.26. The normalized spacial score (nSPS) is 21.8. The van der Waals surface area contributed by atoms with Crippen molar-refractivity contribution in [1.29, 1.82) is 0 Å². The van der Waals surface area contributed by atoms with Gasteiger partial charge in [0.1, 0.15) is 11.6 Å². The number of hydrogen-bond acceptors (Lipinski definition) is 3. The number of ketones is 1. The largest absolute Gasteiger partial charge is 0.496 e. The Kier molecular flexibility index (Phi) is 4.42. The van der Waals surface area contributed by atoms with Crippen LogP contribution in [0.5, 0.6) is 5.75 Å². The lowest BCUT2D eigenvalue weighted by Gasteiger charge is -2.13. The minimum absolute atomic E-state index is 0.175. The Labute approximate surface area is 124 Å². The van der Waals surface area contributed by atoms with Gasteiger partial charge in [-0.15, -0.1) is 0 Å². The summed E-state index contributed by atoms with van der Waals surface area (Å²) in [7, 11) is 1.37. The number of halogens is 2. The maximum atomic E-state index is 13.4. The van der Waals surface area contributed by atoms with Crippen LogP contribution < -0.4 is 4.74 Å². The molecule has 2 rings (SSSR count). The van der Waals surface area contributed by atoms with Crippen LogP contribution in [-0.4, -0.2) is 24.0 Å². The zero-order valence-electron chi connectivity index (χ0n) is 10.9. The van der Waals surface area contributed by atoms with E-state index in [9.17, 15) is 14.0 Å². The molecule has 0 saturated heterocycles. The highest BCUT2D eigenvalue weighted by atomic mass is 79.9. The molecule has 1 aliphatic carbocycles. The zero-order valence-corrected chi connectivity index (χ0v) is 12.4. The summed E-state index contributed by atoms with van der Waals surface area (Å²) in [5, 5.41) is 8.97. The molecule has 1 saturated carbocycles. The van der Waals surface area contributed by atoms with Gasteiger partial charge in [0.2, 0.25) is 0 Å². The Morgan fingerprint density at radius 1 is 1.35 bits per heavy atom. The quantitative estimate of drug-likeness (QED) is 0.851. The lowest BCUT2D eigenvalue weighted by atomic mass is 9.94. The smallest absolute Gasteiger partial charge is 0.306 e. The number of methoxy groups -OCH3 is 1. The van der Waals surface area contributed by atoms with Crippen molar-refractivity contribution in [1.82, 2.24) is 0 Å². The van der Waals surface area contributed by atoms with E-state index in [1.807, 2.05) is 0 Å². The SMILES string of the molecule is COc1cc(F)c(Br)cc1C(=O)C1CCC(C(=O)O)C1. The molecule has 1 aromatic rings. The van der Waals surface area contributed by atoms with Crippen LogP contribution in [0.15, 0.2) is 16.6 Å². The molecule has 0 aromatic heterocycles. The summed E-state index contributed by atoms with van der Waals surface area (Å²) in [5.41, 5.74) is 0.289. The third-order valence-corrected chi connectivity index (χ3v) is 4.27. The van der Waals surface area contributed by atoms with E-state index in [4.69, 9.17) is 9.84 Å². The highest BCUT2D eigenvalue weighted by Crippen LogP contribution is 2.36. The van der Waals surface area contributed by atoms with Crippen LogP contribution in [-0.2, 0) is 4.79 Å². The molecule has 2 unspecified atom stereocenters. The van der Waals surface area contributed by atoms with Gasteiger partial charge >= 0.3 is 5.97 Å². The van der Waals surface area contributed by atoms with Crippen LogP contribution in [0, 0.1) is 17.7 Å². The molecule has 0 aliphatic heterocycles. The molecular weight excluding hydrogens is 331 g/mol. The predicted octanol–water partition coefficient (Wildman–Crippen LogP) is 3.28. The molecule has 0 bridgehead atoms. The lowest BCUT2D eigenvalue weighted by molar-refractivity contribution is -0.141. The molecule has 20 heavy (non-hydrogen) atoms. The van der Waals surface area contributed by atoms with E-state index in [1.165, 1.54) is 13.2 Å². The second-order valence-electron chi connectivity index (χ2n) is 4.88. The number of carboxylic acids is 1. The van der Waals surface area contributed by atoms with Gasteiger partial charge in [0.05, 0.1) is 23.1 Å². The zero-order chi connectivity index (χ0) is 14.9. The average molecular weight is 345 g/mol. The number of rotatable bonds is 4. The van der Waals surface area contributed by atoms with E-state index in [1.54, 1.807) is 0 Å². The first-order chi connectivity index (χ1) is 9.43. The molecule has 6 heteroatoms. The summed E-state index contributed by atoms with van der Waals surface area (Å²) in [6.45, 7) is 0. The van der Waals surface area contributed by atoms with Crippen LogP contribution >= 0.6 is 15.9 Å². The van der Waals surface area contributed by atoms with Crippen molar-refractivity contribution in [3.8, 4) is 5.75 Å². The monoisotopic (exact) mass is 344 g/mol. The number of Topliss-reactive ketones (excluding diaryl/α,β-unsaturated/α-hetero) is 1. The molecule has 1 aliphatic rings. The van der Waals surface area contributed by atoms with Crippen molar-refractivity contribution in [2.45, 2.75) is 19.3 Å². The highest BCUT2D eigenvalue weighted by Gasteiger charge is 2.35. The molecule has 0 radical (unpaired) electrons. The van der Waals surface area contributed by atoms with Crippen molar-refractivity contribution in [2.75, 3.05) is 7.11 Å². The van der Waals surface area contributed by atoms with Crippen molar-refractivity contribution in [3.05, 3.63) is 28.0 Å². The van der Waals surface area contributed by atoms with Crippen molar-refractivity contribution in [3.63, 3.8) is 0 Å². The summed E-state index contributed by atoms with van der Waals surface area (Å²) in [5.74, 6) is -2.21. The van der Waals surface area contributed by atoms with E-state index < -0.39 is 17.7 Å². The topological polar surface area (TPSA) is 63.6 Å². The second kappa shape index (κ2) is 5.91. The number of carboxylic acid groups (broad SMARTS) is 1. The maximum absolute atomic E-state index is 13.4. The van der Waals surface area contributed by atoms with Gasteiger partial charge in [-0.25, -0.2) is 4.39 Å². The summed E-state index contributed by atoms with van der Waals surface area (Å²) in [6, 6.07) is 2.55. The first-order valence-corrected chi connectivity index (χ1v) is 7.03. The molecule has 1 fully saturated rings. The molecule has 1 N–H and O–H groups in total. The van der Waals surface area contributed by atoms with Gasteiger partial charge in [0.25, 0.3) is 0 Å². The van der Waals surface area contributed by atoms with Gasteiger partial charge < -0.3 is 9.84 Å². The summed E-state index contributed by atoms with van der Waals surface area (Å²) in [4.78, 5) is 23.4. The van der Waals surface area contributed by atoms with Gasteiger partial charge in [-0.1, -0.05) is 0 Å². The van der Waals surface area contributed by atoms with Crippen molar-refractivity contribution < 1.29 is 23.8 Å². The van der Waals surface area contributed by atoms with Crippen LogP contribution in [0.2, 0.25) is 0 Å². The maximum Gasteiger partial charge on any atom is 0.306 e. The van der Waals surface area contributed by atoms with E-state index in [2.05, 4.69) is 15.9 Å². The third-order valence-electron chi connectivity index (χ3n) is 3.66. The molecule has 1 aromatic carbocycles. The Morgan fingerprint density at radius 2 is 2.00 bits per heavy atom. The number of aliphatic carboxylic acids is 1. The number of benzene rings is 1. The highest BCUT2D eigenvalue weighted by molar-refractivity contribution is 9.10. The van der Waals surface area contributed by atoms with Crippen LogP contribution in [0.3, 0.4) is 0 Å². The van der Waals surface area contributed by atoms with Crippen LogP contribution in [0.1, 0.15) is 29.6 Å². The van der Waals surface area contributed by atoms with Gasteiger partial charge in [0, 0.05) is 12.0 Å². The number of ether oxygens (including phenoxy) is 1. The Bertz CT molecular complexity index is 558. The molecule has 2 atom stereocenters. The van der Waals surface area contributed by atoms with Gasteiger partial charge in [0.15, 0.2) is 5.78 Å².